The molecule has 0 N–H and O–H groups in total. The van der Waals surface area contributed by atoms with E-state index in [0.717, 1.165) is 6.92 Å². The maximum Gasteiger partial charge on any atom is 0.391 e. The van der Waals surface area contributed by atoms with Gasteiger partial charge in [0, 0.05) is 0 Å². The first-order valence-electron chi connectivity index (χ1n) is 1.84. The summed E-state index contributed by atoms with van der Waals surface area (Å²) in [7, 11) is 0. The first kappa shape index (κ1) is 6.79. The van der Waals surface area contributed by atoms with Crippen LogP contribution in [0.3, 0.4) is 0 Å². The summed E-state index contributed by atoms with van der Waals surface area (Å²) in [5, 5.41) is 0. The van der Waals surface area contributed by atoms with E-state index >= 15 is 0 Å². The van der Waals surface area contributed by atoms with Gasteiger partial charge < -0.3 is 0 Å². The molecule has 0 spiro atoms. The van der Waals surface area contributed by atoms with E-state index in [1.54, 1.807) is 0 Å². The van der Waals surface area contributed by atoms with Crippen LogP contribution in [0, 0.1) is 12.8 Å². The zero-order chi connectivity index (χ0) is 6.08. The monoisotopic (exact) mass is 111 g/mol. The minimum Gasteiger partial charge on any atom is -0.171 e. The summed E-state index contributed by atoms with van der Waals surface area (Å²) in [4.78, 5) is 0. The second-order valence-corrected chi connectivity index (χ2v) is 1.44. The van der Waals surface area contributed by atoms with Crippen LogP contribution >= 0.6 is 0 Å². The van der Waals surface area contributed by atoms with Crippen molar-refractivity contribution >= 4 is 0 Å². The van der Waals surface area contributed by atoms with Gasteiger partial charge in [0.25, 0.3) is 0 Å². The molecule has 0 saturated heterocycles. The fourth-order valence-corrected chi connectivity index (χ4v) is 0. The molecule has 0 amide bonds. The lowest BCUT2D eigenvalue weighted by Gasteiger charge is -2.07. The van der Waals surface area contributed by atoms with E-state index in [2.05, 4.69) is 6.92 Å². The molecule has 0 heterocycles. The van der Waals surface area contributed by atoms with Gasteiger partial charge in [-0.2, -0.15) is 13.2 Å². The molecule has 0 aromatic carbocycles. The summed E-state index contributed by atoms with van der Waals surface area (Å²) in [6.45, 7) is 3.80. The van der Waals surface area contributed by atoms with Crippen molar-refractivity contribution in [2.75, 3.05) is 0 Å². The van der Waals surface area contributed by atoms with Gasteiger partial charge in [0.1, 0.15) is 0 Å². The Balaban J connectivity index is 3.54. The third-order valence-electron chi connectivity index (χ3n) is 0.559. The number of hydrogen-bond acceptors (Lipinski definition) is 0. The lowest BCUT2D eigenvalue weighted by atomic mass is 10.2. The predicted octanol–water partition coefficient (Wildman–Crippen LogP) is 2.02. The van der Waals surface area contributed by atoms with Crippen molar-refractivity contribution in [2.24, 2.45) is 5.92 Å². The van der Waals surface area contributed by atoms with Crippen LogP contribution in [0.5, 0.6) is 0 Å². The molecule has 1 radical (unpaired) electrons. The lowest BCUT2D eigenvalue weighted by Crippen LogP contribution is -2.15. The van der Waals surface area contributed by atoms with Gasteiger partial charge in [-0.05, 0) is 6.92 Å². The summed E-state index contributed by atoms with van der Waals surface area (Å²) in [6, 6.07) is 0. The van der Waals surface area contributed by atoms with E-state index in [1.165, 1.54) is 0 Å². The van der Waals surface area contributed by atoms with Crippen LogP contribution < -0.4 is 0 Å². The molecule has 0 fully saturated rings. The minimum atomic E-state index is -4.11. The molecule has 0 aliphatic heterocycles. The van der Waals surface area contributed by atoms with Crippen LogP contribution in [-0.2, 0) is 0 Å². The molecule has 43 valence electrons. The first-order valence-corrected chi connectivity index (χ1v) is 1.84. The second-order valence-electron chi connectivity index (χ2n) is 1.44. The fourth-order valence-electron chi connectivity index (χ4n) is 0. The summed E-state index contributed by atoms with van der Waals surface area (Å²) < 4.78 is 33.3. The quantitative estimate of drug-likeness (QED) is 0.448. The number of alkyl halides is 3. The van der Waals surface area contributed by atoms with Crippen molar-refractivity contribution in [3.8, 4) is 0 Å². The molecule has 0 rings (SSSR count). The molecule has 0 bridgehead atoms. The molecule has 0 nitrogen and oxygen atoms in total. The minimum absolute atomic E-state index is 1.01. The number of hydrogen-bond donors (Lipinski definition) is 0. The van der Waals surface area contributed by atoms with Gasteiger partial charge in [0.15, 0.2) is 0 Å². The number of rotatable bonds is 0. The van der Waals surface area contributed by atoms with Crippen LogP contribution in [0.15, 0.2) is 0 Å². The summed E-state index contributed by atoms with van der Waals surface area (Å²) in [5.74, 6) is -1.45. The molecular formula is C4H6F3. The Labute approximate surface area is 40.3 Å². The van der Waals surface area contributed by atoms with Crippen molar-refractivity contribution < 1.29 is 13.2 Å². The Morgan fingerprint density at radius 3 is 1.57 bits per heavy atom. The maximum atomic E-state index is 11.1. The highest BCUT2D eigenvalue weighted by Gasteiger charge is 2.31. The van der Waals surface area contributed by atoms with E-state index in [4.69, 9.17) is 0 Å². The van der Waals surface area contributed by atoms with Crippen LogP contribution in [0.1, 0.15) is 6.92 Å². The molecule has 3 heteroatoms. The normalized spacial score (nSPS) is 12.9. The van der Waals surface area contributed by atoms with Crippen molar-refractivity contribution in [3.05, 3.63) is 6.92 Å². The lowest BCUT2D eigenvalue weighted by molar-refractivity contribution is -0.157. The molecule has 0 saturated carbocycles. The molecule has 0 aromatic rings. The Hall–Kier alpha value is -0.210. The average molecular weight is 111 g/mol. The van der Waals surface area contributed by atoms with Gasteiger partial charge in [-0.3, -0.25) is 0 Å². The smallest absolute Gasteiger partial charge is 0.171 e. The number of halogens is 3. The standard InChI is InChI=1S/C4H6F3/c1-3(2)4(5,6)7/h3H,1H2,2H3/t3-/m0/s1. The van der Waals surface area contributed by atoms with Crippen LogP contribution in [0.25, 0.3) is 0 Å². The van der Waals surface area contributed by atoms with Crippen LogP contribution in [-0.4, -0.2) is 6.18 Å². The molecule has 7 heavy (non-hydrogen) atoms. The molecule has 0 aliphatic carbocycles. The third kappa shape index (κ3) is 2.48. The van der Waals surface area contributed by atoms with Gasteiger partial charge in [-0.25, -0.2) is 0 Å². The SMILES string of the molecule is [CH2][C@@H](C)C(F)(F)F. The second kappa shape index (κ2) is 1.72. The van der Waals surface area contributed by atoms with Gasteiger partial charge in [-0.1, -0.05) is 6.92 Å². The Bertz CT molecular complexity index is 52.4. The van der Waals surface area contributed by atoms with E-state index in [1.807, 2.05) is 0 Å². The van der Waals surface area contributed by atoms with Crippen LogP contribution in [0.2, 0.25) is 0 Å². The van der Waals surface area contributed by atoms with Crippen LogP contribution in [0.4, 0.5) is 13.2 Å². The van der Waals surface area contributed by atoms with Crippen molar-refractivity contribution in [1.82, 2.24) is 0 Å². The largest absolute Gasteiger partial charge is 0.391 e. The molecule has 1 atom stereocenters. The van der Waals surface area contributed by atoms with Gasteiger partial charge in [0.2, 0.25) is 0 Å². The fraction of sp³-hybridized carbons (Fsp3) is 0.750. The summed E-state index contributed by atoms with van der Waals surface area (Å²) in [6.07, 6.45) is -4.11. The Morgan fingerprint density at radius 2 is 1.57 bits per heavy atom. The highest BCUT2D eigenvalue weighted by molar-refractivity contribution is 4.61. The van der Waals surface area contributed by atoms with Crippen molar-refractivity contribution in [2.45, 2.75) is 13.1 Å². The van der Waals surface area contributed by atoms with Crippen molar-refractivity contribution in [3.63, 3.8) is 0 Å². The third-order valence-corrected chi connectivity index (χ3v) is 0.559. The molecule has 0 aliphatic rings. The highest BCUT2D eigenvalue weighted by atomic mass is 19.4. The molecule has 0 unspecified atom stereocenters. The zero-order valence-electron chi connectivity index (χ0n) is 3.92. The van der Waals surface area contributed by atoms with Gasteiger partial charge >= 0.3 is 6.18 Å². The molecule has 0 aromatic heterocycles. The topological polar surface area (TPSA) is 0 Å². The Kier molecular flexibility index (Phi) is 1.67. The highest BCUT2D eigenvalue weighted by Crippen LogP contribution is 2.23. The van der Waals surface area contributed by atoms with E-state index in [0.29, 0.717) is 0 Å². The van der Waals surface area contributed by atoms with Gasteiger partial charge in [-0.15, -0.1) is 0 Å². The molecular weight excluding hydrogens is 105 g/mol. The van der Waals surface area contributed by atoms with E-state index < -0.39 is 12.1 Å². The zero-order valence-corrected chi connectivity index (χ0v) is 3.92. The van der Waals surface area contributed by atoms with E-state index in [9.17, 15) is 13.2 Å². The summed E-state index contributed by atoms with van der Waals surface area (Å²) in [5.41, 5.74) is 0. The van der Waals surface area contributed by atoms with Crippen molar-refractivity contribution in [1.29, 1.82) is 0 Å². The van der Waals surface area contributed by atoms with Gasteiger partial charge in [0.05, 0.1) is 5.92 Å². The van der Waals surface area contributed by atoms with E-state index in [-0.39, 0.29) is 0 Å². The summed E-state index contributed by atoms with van der Waals surface area (Å²) >= 11 is 0. The first-order chi connectivity index (χ1) is 2.94. The predicted molar refractivity (Wildman–Crippen MR) is 20.6 cm³/mol. The average Bonchev–Trinajstić information content (AvgIpc) is 1.31. The Morgan fingerprint density at radius 1 is 1.43 bits per heavy atom. The maximum absolute atomic E-state index is 11.1.